The van der Waals surface area contributed by atoms with Gasteiger partial charge in [0.15, 0.2) is 0 Å². The van der Waals surface area contributed by atoms with Crippen LogP contribution in [0.15, 0.2) is 11.8 Å². The van der Waals surface area contributed by atoms with Gasteiger partial charge in [0.25, 0.3) is 0 Å². The van der Waals surface area contributed by atoms with Crippen molar-refractivity contribution in [1.29, 1.82) is 0 Å². The molecule has 0 aliphatic heterocycles. The predicted octanol–water partition coefficient (Wildman–Crippen LogP) is 0.684. The zero-order valence-corrected chi connectivity index (χ0v) is 13.9. The second kappa shape index (κ2) is 6.87. The van der Waals surface area contributed by atoms with Crippen LogP contribution in [-0.2, 0) is 40.4 Å². The third-order valence-electron chi connectivity index (χ3n) is 0.889. The number of hydrogen-bond acceptors (Lipinski definition) is 2. The van der Waals surface area contributed by atoms with Crippen LogP contribution in [0.1, 0.15) is 20.8 Å². The van der Waals surface area contributed by atoms with Gasteiger partial charge in [0.05, 0.1) is 0 Å². The Morgan fingerprint density at radius 1 is 1.54 bits per heavy atom. The van der Waals surface area contributed by atoms with Gasteiger partial charge in [0.2, 0.25) is 0 Å². The van der Waals surface area contributed by atoms with Crippen LogP contribution >= 0.6 is 0 Å². The zero-order chi connectivity index (χ0) is 9.78. The Balaban J connectivity index is 0. The van der Waals surface area contributed by atoms with Crippen LogP contribution in [0.3, 0.4) is 0 Å². The number of hydrogen-bond donors (Lipinski definition) is 2. The van der Waals surface area contributed by atoms with Crippen molar-refractivity contribution in [3.05, 3.63) is 24.4 Å². The van der Waals surface area contributed by atoms with Crippen LogP contribution in [-0.4, -0.2) is 9.56 Å². The summed E-state index contributed by atoms with van der Waals surface area (Å²) in [4.78, 5) is 0. The normalized spacial score (nSPS) is 10.8. The van der Waals surface area contributed by atoms with Crippen molar-refractivity contribution in [2.75, 3.05) is 0 Å². The SMILES string of the molecule is [CH-]=C(C=[C-][C](N)=[W])NC(C)(C)C.[W]. The molecule has 0 bridgehead atoms. The minimum absolute atomic E-state index is 0. The Morgan fingerprint density at radius 2 is 2.00 bits per heavy atom. The molecule has 0 atom stereocenters. The third-order valence-corrected chi connectivity index (χ3v) is 1.31. The molecule has 0 aromatic heterocycles. The maximum Gasteiger partial charge on any atom is 0 e. The van der Waals surface area contributed by atoms with E-state index in [9.17, 15) is 0 Å². The molecule has 4 heteroatoms. The molecular weight excluding hydrogens is 504 g/mol. The number of nitrogens with one attached hydrogen (secondary N) is 1. The molecule has 0 fully saturated rings. The van der Waals surface area contributed by atoms with E-state index in [1.165, 1.54) is 19.4 Å². The fourth-order valence-corrected chi connectivity index (χ4v) is 0.830. The Bertz CT molecular complexity index is 214. The molecule has 0 unspecified atom stereocenters. The summed E-state index contributed by atoms with van der Waals surface area (Å²) in [6.07, 6.45) is 4.51. The molecule has 0 saturated heterocycles. The van der Waals surface area contributed by atoms with Gasteiger partial charge in [-0.15, -0.1) is 0 Å². The van der Waals surface area contributed by atoms with Crippen molar-refractivity contribution in [1.82, 2.24) is 5.32 Å². The van der Waals surface area contributed by atoms with Gasteiger partial charge in [-0.25, -0.2) is 0 Å². The first-order chi connectivity index (χ1) is 5.31. The van der Waals surface area contributed by atoms with Crippen LogP contribution in [0.2, 0.25) is 0 Å². The number of nitrogens with two attached hydrogens (primary N) is 1. The molecule has 0 aromatic rings. The number of allylic oxidation sites excluding steroid dienone is 1. The molecule has 0 amide bonds. The molecule has 0 heterocycles. The van der Waals surface area contributed by atoms with E-state index < -0.39 is 0 Å². The first-order valence-electron chi connectivity index (χ1n) is 3.61. The average molecular weight is 518 g/mol. The van der Waals surface area contributed by atoms with Gasteiger partial charge in [0, 0.05) is 21.1 Å². The monoisotopic (exact) mass is 518 g/mol. The summed E-state index contributed by atoms with van der Waals surface area (Å²) in [5.74, 6) is 0. The van der Waals surface area contributed by atoms with E-state index in [1.54, 1.807) is 6.08 Å². The molecule has 3 N–H and O–H groups in total. The molecule has 2 nitrogen and oxygen atoms in total. The minimum atomic E-state index is -0.0162. The van der Waals surface area contributed by atoms with Gasteiger partial charge < -0.3 is 0 Å². The minimum Gasteiger partial charge on any atom is 0 e. The Labute approximate surface area is 106 Å². The first kappa shape index (κ1) is 15.9. The Hall–Kier alpha value is 0.487. The van der Waals surface area contributed by atoms with Crippen molar-refractivity contribution in [3.63, 3.8) is 0 Å². The Morgan fingerprint density at radius 3 is 2.31 bits per heavy atom. The fourth-order valence-electron chi connectivity index (χ4n) is 0.618. The molecule has 0 aliphatic rings. The molecular formula is C9H14N2W2-2. The Kier molecular flexibility index (Phi) is 8.42. The number of rotatable bonds is 3. The molecule has 0 aliphatic carbocycles. The summed E-state index contributed by atoms with van der Waals surface area (Å²) in [6, 6.07) is 0. The van der Waals surface area contributed by atoms with Crippen LogP contribution in [0, 0.1) is 12.7 Å². The maximum absolute atomic E-state index is 5.64. The topological polar surface area (TPSA) is 38.0 Å². The average Bonchev–Trinajstić information content (AvgIpc) is 1.79. The van der Waals surface area contributed by atoms with Crippen molar-refractivity contribution >= 4 is 4.02 Å². The smallest absolute Gasteiger partial charge is 0 e. The van der Waals surface area contributed by atoms with Gasteiger partial charge in [0.1, 0.15) is 0 Å². The van der Waals surface area contributed by atoms with E-state index in [4.69, 9.17) is 12.3 Å². The molecule has 13 heavy (non-hydrogen) atoms. The molecule has 0 saturated carbocycles. The van der Waals surface area contributed by atoms with Crippen LogP contribution in [0.5, 0.6) is 0 Å². The summed E-state index contributed by atoms with van der Waals surface area (Å²) in [7, 11) is 0. The van der Waals surface area contributed by atoms with E-state index >= 15 is 0 Å². The van der Waals surface area contributed by atoms with Gasteiger partial charge >= 0.3 is 85.2 Å². The van der Waals surface area contributed by atoms with E-state index in [2.05, 4.69) is 11.4 Å². The summed E-state index contributed by atoms with van der Waals surface area (Å²) in [5.41, 5.74) is 5.99. The van der Waals surface area contributed by atoms with Crippen molar-refractivity contribution in [3.8, 4) is 0 Å². The van der Waals surface area contributed by atoms with E-state index in [1.807, 2.05) is 20.8 Å². The van der Waals surface area contributed by atoms with Gasteiger partial charge in [-0.3, -0.25) is 0 Å². The first-order valence-corrected chi connectivity index (χ1v) is 5.08. The van der Waals surface area contributed by atoms with Crippen molar-refractivity contribution in [2.24, 2.45) is 5.73 Å². The van der Waals surface area contributed by atoms with E-state index in [0.29, 0.717) is 9.72 Å². The van der Waals surface area contributed by atoms with Crippen LogP contribution in [0.4, 0.5) is 0 Å². The largest absolute Gasteiger partial charge is 0 e. The fraction of sp³-hybridized carbons (Fsp3) is 0.444. The standard InChI is InChI=1S/C9H14N2.2W/c1-8(6-5-7-10)11-9(2,3)4;;/h1,6,11H,10H2,2-4H3;;/q-2;;. The zero-order valence-electron chi connectivity index (χ0n) is 8.05. The van der Waals surface area contributed by atoms with Crippen molar-refractivity contribution < 1.29 is 40.4 Å². The second-order valence-corrected chi connectivity index (χ2v) is 5.06. The quantitative estimate of drug-likeness (QED) is 0.427. The molecule has 0 radical (unpaired) electrons. The maximum atomic E-state index is 5.64. The van der Waals surface area contributed by atoms with Gasteiger partial charge in [-0.05, 0) is 0 Å². The van der Waals surface area contributed by atoms with Gasteiger partial charge in [-0.1, -0.05) is 0 Å². The molecule has 0 rings (SSSR count). The summed E-state index contributed by atoms with van der Waals surface area (Å²) < 4.78 is 0.702. The van der Waals surface area contributed by atoms with Gasteiger partial charge in [-0.2, -0.15) is 0 Å². The summed E-state index contributed by atoms with van der Waals surface area (Å²) in [5, 5.41) is 3.09. The molecule has 0 aromatic carbocycles. The predicted molar refractivity (Wildman–Crippen MR) is 47.7 cm³/mol. The van der Waals surface area contributed by atoms with E-state index in [0.717, 1.165) is 0 Å². The van der Waals surface area contributed by atoms with Crippen molar-refractivity contribution in [2.45, 2.75) is 26.3 Å². The molecule has 0 spiro atoms. The summed E-state index contributed by atoms with van der Waals surface area (Å²) in [6.45, 7) is 11.8. The third kappa shape index (κ3) is 12.5. The van der Waals surface area contributed by atoms with E-state index in [-0.39, 0.29) is 26.6 Å². The van der Waals surface area contributed by atoms with Crippen LogP contribution < -0.4 is 11.1 Å². The molecule has 74 valence electrons. The second-order valence-electron chi connectivity index (χ2n) is 3.48. The van der Waals surface area contributed by atoms with Crippen LogP contribution in [0.25, 0.3) is 0 Å². The summed E-state index contributed by atoms with van der Waals surface area (Å²) >= 11 is 1.20.